The van der Waals surface area contributed by atoms with E-state index in [1.807, 2.05) is 38.2 Å². The van der Waals surface area contributed by atoms with Crippen LogP contribution < -0.4 is 5.32 Å². The van der Waals surface area contributed by atoms with Gasteiger partial charge in [0.25, 0.3) is 0 Å². The molecule has 2 rings (SSSR count). The number of hydrogen-bond donors (Lipinski definition) is 1. The molecule has 0 amide bonds. The lowest BCUT2D eigenvalue weighted by atomic mass is 10.3. The van der Waals surface area contributed by atoms with Crippen molar-refractivity contribution in [3.8, 4) is 5.69 Å². The van der Waals surface area contributed by atoms with E-state index in [1.54, 1.807) is 10.9 Å². The second kappa shape index (κ2) is 3.49. The number of aryl methyl sites for hydroxylation is 1. The van der Waals surface area contributed by atoms with Gasteiger partial charge in [0, 0.05) is 12.7 Å². The lowest BCUT2D eigenvalue weighted by molar-refractivity contribution is 0.785. The van der Waals surface area contributed by atoms with Crippen LogP contribution in [0.15, 0.2) is 30.5 Å². The Morgan fingerprint density at radius 2 is 1.93 bits per heavy atom. The van der Waals surface area contributed by atoms with Crippen LogP contribution >= 0.6 is 0 Å². The Balaban J connectivity index is 2.39. The minimum Gasteiger partial charge on any atom is -0.388 e. The van der Waals surface area contributed by atoms with Crippen molar-refractivity contribution >= 4 is 5.69 Å². The van der Waals surface area contributed by atoms with Crippen molar-refractivity contribution in [2.75, 3.05) is 12.4 Å². The smallest absolute Gasteiger partial charge is 0.0726 e. The van der Waals surface area contributed by atoms with Crippen molar-refractivity contribution in [3.63, 3.8) is 0 Å². The number of aromatic nitrogens is 3. The summed E-state index contributed by atoms with van der Waals surface area (Å²) in [5.41, 5.74) is 3.15. The van der Waals surface area contributed by atoms with Crippen LogP contribution in [0.1, 0.15) is 5.69 Å². The Bertz CT molecular complexity index is 416. The molecule has 1 aromatic carbocycles. The maximum absolute atomic E-state index is 3.99. The highest BCUT2D eigenvalue weighted by Crippen LogP contribution is 2.12. The minimum atomic E-state index is 1.03. The maximum atomic E-state index is 3.99. The molecule has 0 bridgehead atoms. The summed E-state index contributed by atoms with van der Waals surface area (Å²) in [6.07, 6.45) is 1.74. The fraction of sp³-hybridized carbons (Fsp3) is 0.200. The predicted molar refractivity (Wildman–Crippen MR) is 55.6 cm³/mol. The monoisotopic (exact) mass is 188 g/mol. The summed E-state index contributed by atoms with van der Waals surface area (Å²) < 4.78 is 1.80. The van der Waals surface area contributed by atoms with Crippen molar-refractivity contribution < 1.29 is 0 Å². The molecule has 72 valence electrons. The molecule has 0 unspecified atom stereocenters. The number of rotatable bonds is 2. The number of anilines is 1. The van der Waals surface area contributed by atoms with Crippen LogP contribution in [-0.4, -0.2) is 22.0 Å². The first-order chi connectivity index (χ1) is 6.81. The topological polar surface area (TPSA) is 42.7 Å². The summed E-state index contributed by atoms with van der Waals surface area (Å²) in [5, 5.41) is 10.9. The fourth-order valence-corrected chi connectivity index (χ4v) is 1.31. The van der Waals surface area contributed by atoms with Crippen LogP contribution in [0, 0.1) is 6.92 Å². The summed E-state index contributed by atoms with van der Waals surface area (Å²) >= 11 is 0. The molecule has 0 radical (unpaired) electrons. The quantitative estimate of drug-likeness (QED) is 0.778. The molecule has 0 saturated heterocycles. The van der Waals surface area contributed by atoms with E-state index >= 15 is 0 Å². The largest absolute Gasteiger partial charge is 0.388 e. The Kier molecular flexibility index (Phi) is 2.18. The number of hydrogen-bond acceptors (Lipinski definition) is 3. The summed E-state index contributed by atoms with van der Waals surface area (Å²) in [4.78, 5) is 0. The van der Waals surface area contributed by atoms with E-state index in [9.17, 15) is 0 Å². The molecular formula is C10H12N4. The standard InChI is InChI=1S/C10H12N4/c1-8-7-12-13-14(8)10-5-3-9(11-2)4-6-10/h3-7,11H,1-2H3. The van der Waals surface area contributed by atoms with Crippen LogP contribution in [0.4, 0.5) is 5.69 Å². The highest BCUT2D eigenvalue weighted by atomic mass is 15.4. The molecule has 0 fully saturated rings. The van der Waals surface area contributed by atoms with E-state index in [2.05, 4.69) is 15.6 Å². The van der Waals surface area contributed by atoms with Gasteiger partial charge in [0.15, 0.2) is 0 Å². The Morgan fingerprint density at radius 1 is 1.21 bits per heavy atom. The summed E-state index contributed by atoms with van der Waals surface area (Å²) in [7, 11) is 1.90. The summed E-state index contributed by atoms with van der Waals surface area (Å²) in [6, 6.07) is 8.04. The Morgan fingerprint density at radius 3 is 2.43 bits per heavy atom. The van der Waals surface area contributed by atoms with Crippen LogP contribution in [0.2, 0.25) is 0 Å². The predicted octanol–water partition coefficient (Wildman–Crippen LogP) is 1.62. The third-order valence-electron chi connectivity index (χ3n) is 2.12. The number of nitrogens with one attached hydrogen (secondary N) is 1. The minimum absolute atomic E-state index is 1.03. The SMILES string of the molecule is CNc1ccc(-n2nncc2C)cc1. The van der Waals surface area contributed by atoms with Crippen molar-refractivity contribution in [2.24, 2.45) is 0 Å². The fourth-order valence-electron chi connectivity index (χ4n) is 1.31. The van der Waals surface area contributed by atoms with Crippen molar-refractivity contribution in [3.05, 3.63) is 36.2 Å². The van der Waals surface area contributed by atoms with Gasteiger partial charge in [-0.05, 0) is 31.2 Å². The van der Waals surface area contributed by atoms with Crippen LogP contribution in [0.25, 0.3) is 5.69 Å². The zero-order valence-electron chi connectivity index (χ0n) is 8.23. The lowest BCUT2D eigenvalue weighted by Crippen LogP contribution is -1.99. The molecule has 0 aliphatic heterocycles. The summed E-state index contributed by atoms with van der Waals surface area (Å²) in [6.45, 7) is 1.98. The van der Waals surface area contributed by atoms with Crippen molar-refractivity contribution in [1.82, 2.24) is 15.0 Å². The van der Waals surface area contributed by atoms with Gasteiger partial charge in [-0.1, -0.05) is 5.21 Å². The lowest BCUT2D eigenvalue weighted by Gasteiger charge is -2.04. The van der Waals surface area contributed by atoms with E-state index in [-0.39, 0.29) is 0 Å². The van der Waals surface area contributed by atoms with Crippen LogP contribution in [0.3, 0.4) is 0 Å². The van der Waals surface area contributed by atoms with E-state index in [0.29, 0.717) is 0 Å². The number of benzene rings is 1. The van der Waals surface area contributed by atoms with Crippen molar-refractivity contribution in [1.29, 1.82) is 0 Å². The third-order valence-corrected chi connectivity index (χ3v) is 2.12. The molecule has 2 aromatic rings. The first-order valence-corrected chi connectivity index (χ1v) is 4.47. The zero-order chi connectivity index (χ0) is 9.97. The molecule has 0 aliphatic rings. The molecule has 0 atom stereocenters. The molecule has 1 N–H and O–H groups in total. The first kappa shape index (κ1) is 8.74. The molecule has 0 saturated carbocycles. The maximum Gasteiger partial charge on any atom is 0.0726 e. The average Bonchev–Trinajstić information content (AvgIpc) is 2.65. The highest BCUT2D eigenvalue weighted by molar-refractivity contribution is 5.48. The average molecular weight is 188 g/mol. The second-order valence-corrected chi connectivity index (χ2v) is 3.08. The Hall–Kier alpha value is -1.84. The molecule has 1 aromatic heterocycles. The first-order valence-electron chi connectivity index (χ1n) is 4.47. The number of nitrogens with zero attached hydrogens (tertiary/aromatic N) is 3. The van der Waals surface area contributed by atoms with Crippen molar-refractivity contribution in [2.45, 2.75) is 6.92 Å². The molecule has 0 spiro atoms. The van der Waals surface area contributed by atoms with Gasteiger partial charge < -0.3 is 5.32 Å². The van der Waals surface area contributed by atoms with Gasteiger partial charge in [-0.3, -0.25) is 0 Å². The van der Waals surface area contributed by atoms with Gasteiger partial charge in [-0.15, -0.1) is 5.10 Å². The van der Waals surface area contributed by atoms with Gasteiger partial charge in [0.1, 0.15) is 0 Å². The Labute approximate surface area is 82.6 Å². The van der Waals surface area contributed by atoms with E-state index in [0.717, 1.165) is 17.1 Å². The van der Waals surface area contributed by atoms with Gasteiger partial charge >= 0.3 is 0 Å². The van der Waals surface area contributed by atoms with Gasteiger partial charge in [-0.2, -0.15) is 0 Å². The highest BCUT2D eigenvalue weighted by Gasteiger charge is 2.00. The zero-order valence-corrected chi connectivity index (χ0v) is 8.23. The molecular weight excluding hydrogens is 176 g/mol. The third kappa shape index (κ3) is 1.46. The molecule has 1 heterocycles. The van der Waals surface area contributed by atoms with Crippen LogP contribution in [0.5, 0.6) is 0 Å². The second-order valence-electron chi connectivity index (χ2n) is 3.08. The molecule has 4 heteroatoms. The molecule has 14 heavy (non-hydrogen) atoms. The molecule has 4 nitrogen and oxygen atoms in total. The normalized spacial score (nSPS) is 10.1. The van der Waals surface area contributed by atoms with Gasteiger partial charge in [-0.25, -0.2) is 4.68 Å². The van der Waals surface area contributed by atoms with Crippen LogP contribution in [-0.2, 0) is 0 Å². The summed E-state index contributed by atoms with van der Waals surface area (Å²) in [5.74, 6) is 0. The van der Waals surface area contributed by atoms with E-state index in [1.165, 1.54) is 0 Å². The van der Waals surface area contributed by atoms with Gasteiger partial charge in [0.2, 0.25) is 0 Å². The van der Waals surface area contributed by atoms with E-state index in [4.69, 9.17) is 0 Å². The van der Waals surface area contributed by atoms with Gasteiger partial charge in [0.05, 0.1) is 17.6 Å². The molecule has 0 aliphatic carbocycles. The van der Waals surface area contributed by atoms with E-state index < -0.39 is 0 Å².